The lowest BCUT2D eigenvalue weighted by atomic mass is 10.2. The number of nitrogens with zero attached hydrogens (tertiary/aromatic N) is 1. The minimum absolute atomic E-state index is 0.410. The fourth-order valence-corrected chi connectivity index (χ4v) is 3.24. The number of halogens is 3. The Morgan fingerprint density at radius 3 is 2.54 bits per heavy atom. The SMILES string of the molecule is Cc1c(Cl)cccc1N=Cc1ccc(OCc2ccccc2Cl)c(Br)c1. The van der Waals surface area contributed by atoms with Gasteiger partial charge in [-0.25, -0.2) is 0 Å². The highest BCUT2D eigenvalue weighted by molar-refractivity contribution is 9.10. The van der Waals surface area contributed by atoms with Gasteiger partial charge in [0.05, 0.1) is 10.2 Å². The molecule has 0 radical (unpaired) electrons. The van der Waals surface area contributed by atoms with Gasteiger partial charge < -0.3 is 4.74 Å². The maximum atomic E-state index is 6.16. The largest absolute Gasteiger partial charge is 0.488 e. The molecule has 26 heavy (non-hydrogen) atoms. The van der Waals surface area contributed by atoms with Crippen molar-refractivity contribution < 1.29 is 4.74 Å². The lowest BCUT2D eigenvalue weighted by Gasteiger charge is -2.10. The Balaban J connectivity index is 1.72. The molecule has 132 valence electrons. The highest BCUT2D eigenvalue weighted by Gasteiger charge is 2.05. The van der Waals surface area contributed by atoms with E-state index in [0.29, 0.717) is 16.7 Å². The van der Waals surface area contributed by atoms with E-state index in [-0.39, 0.29) is 0 Å². The second kappa shape index (κ2) is 8.72. The molecule has 0 heterocycles. The second-order valence-corrected chi connectivity index (χ2v) is 7.38. The van der Waals surface area contributed by atoms with Crippen LogP contribution in [0.15, 0.2) is 70.1 Å². The molecular formula is C21H16BrCl2NO. The first-order valence-electron chi connectivity index (χ1n) is 7.99. The van der Waals surface area contributed by atoms with E-state index in [1.54, 1.807) is 6.21 Å². The number of aliphatic imine (C=N–C) groups is 1. The molecule has 0 N–H and O–H groups in total. The van der Waals surface area contributed by atoms with E-state index in [9.17, 15) is 0 Å². The van der Waals surface area contributed by atoms with Crippen molar-refractivity contribution >= 4 is 51.0 Å². The summed E-state index contributed by atoms with van der Waals surface area (Å²) in [6.45, 7) is 2.37. The first-order chi connectivity index (χ1) is 12.5. The van der Waals surface area contributed by atoms with Crippen LogP contribution < -0.4 is 4.74 Å². The van der Waals surface area contributed by atoms with E-state index in [2.05, 4.69) is 20.9 Å². The maximum Gasteiger partial charge on any atom is 0.134 e. The van der Waals surface area contributed by atoms with Gasteiger partial charge in [-0.2, -0.15) is 0 Å². The van der Waals surface area contributed by atoms with Crippen molar-refractivity contribution in [3.8, 4) is 5.75 Å². The Kier molecular flexibility index (Phi) is 6.36. The summed E-state index contributed by atoms with van der Waals surface area (Å²) in [5, 5.41) is 1.41. The van der Waals surface area contributed by atoms with Crippen molar-refractivity contribution in [2.24, 2.45) is 4.99 Å². The molecule has 3 aromatic rings. The Morgan fingerprint density at radius 2 is 1.77 bits per heavy atom. The van der Waals surface area contributed by atoms with Gasteiger partial charge in [0.15, 0.2) is 0 Å². The summed E-state index contributed by atoms with van der Waals surface area (Å²) in [5.41, 5.74) is 3.72. The molecule has 2 nitrogen and oxygen atoms in total. The van der Waals surface area contributed by atoms with Gasteiger partial charge in [0.1, 0.15) is 12.4 Å². The van der Waals surface area contributed by atoms with Crippen LogP contribution >= 0.6 is 39.1 Å². The molecule has 0 spiro atoms. The highest BCUT2D eigenvalue weighted by atomic mass is 79.9. The van der Waals surface area contributed by atoms with Crippen LogP contribution in [0.3, 0.4) is 0 Å². The lowest BCUT2D eigenvalue weighted by Crippen LogP contribution is -1.97. The Bertz CT molecular complexity index is 956. The standard InChI is InChI=1S/C21H16BrCl2NO/c1-14-18(23)7-4-8-20(14)25-12-15-9-10-21(17(22)11-15)26-13-16-5-2-3-6-19(16)24/h2-12H,13H2,1H3. The molecule has 3 rings (SSSR count). The van der Waals surface area contributed by atoms with Crippen LogP contribution in [0, 0.1) is 6.92 Å². The zero-order chi connectivity index (χ0) is 18.5. The molecule has 0 aliphatic heterocycles. The van der Waals surface area contributed by atoms with Crippen LogP contribution in [0.5, 0.6) is 5.75 Å². The molecule has 0 aliphatic carbocycles. The van der Waals surface area contributed by atoms with Crippen molar-refractivity contribution in [1.82, 2.24) is 0 Å². The third-order valence-corrected chi connectivity index (χ3v) is 5.29. The van der Waals surface area contributed by atoms with Crippen molar-refractivity contribution in [1.29, 1.82) is 0 Å². The quantitative estimate of drug-likeness (QED) is 0.372. The minimum Gasteiger partial charge on any atom is -0.488 e. The fourth-order valence-electron chi connectivity index (χ4n) is 2.37. The van der Waals surface area contributed by atoms with Gasteiger partial charge in [-0.15, -0.1) is 0 Å². The smallest absolute Gasteiger partial charge is 0.134 e. The van der Waals surface area contributed by atoms with Gasteiger partial charge >= 0.3 is 0 Å². The fraction of sp³-hybridized carbons (Fsp3) is 0.0952. The molecule has 0 unspecified atom stereocenters. The van der Waals surface area contributed by atoms with Crippen LogP contribution in [0.25, 0.3) is 0 Å². The average Bonchev–Trinajstić information content (AvgIpc) is 2.63. The topological polar surface area (TPSA) is 21.6 Å². The first kappa shape index (κ1) is 19.0. The summed E-state index contributed by atoms with van der Waals surface area (Å²) in [6, 6.07) is 19.2. The van der Waals surface area contributed by atoms with Crippen molar-refractivity contribution in [3.63, 3.8) is 0 Å². The van der Waals surface area contributed by atoms with E-state index in [0.717, 1.165) is 32.6 Å². The van der Waals surface area contributed by atoms with Crippen LogP contribution in [0.2, 0.25) is 10.0 Å². The van der Waals surface area contributed by atoms with Crippen LogP contribution in [-0.4, -0.2) is 6.21 Å². The van der Waals surface area contributed by atoms with Crippen molar-refractivity contribution in [2.45, 2.75) is 13.5 Å². The van der Waals surface area contributed by atoms with E-state index < -0.39 is 0 Å². The summed E-state index contributed by atoms with van der Waals surface area (Å²) in [5.74, 6) is 0.751. The number of rotatable bonds is 5. The van der Waals surface area contributed by atoms with Gasteiger partial charge in [0.25, 0.3) is 0 Å². The molecule has 0 atom stereocenters. The highest BCUT2D eigenvalue weighted by Crippen LogP contribution is 2.28. The van der Waals surface area contributed by atoms with E-state index in [1.165, 1.54) is 0 Å². The molecule has 3 aromatic carbocycles. The molecule has 0 fully saturated rings. The lowest BCUT2D eigenvalue weighted by molar-refractivity contribution is 0.304. The molecule has 0 saturated carbocycles. The molecule has 0 aromatic heterocycles. The Labute approximate surface area is 171 Å². The summed E-state index contributed by atoms with van der Waals surface area (Å²) in [7, 11) is 0. The molecular weight excluding hydrogens is 433 g/mol. The zero-order valence-corrected chi connectivity index (χ0v) is 17.1. The summed E-state index contributed by atoms with van der Waals surface area (Å²) in [6.07, 6.45) is 1.81. The maximum absolute atomic E-state index is 6.16. The summed E-state index contributed by atoms with van der Waals surface area (Å²) >= 11 is 15.8. The van der Waals surface area contributed by atoms with E-state index >= 15 is 0 Å². The average molecular weight is 449 g/mol. The Hall–Kier alpha value is -1.81. The van der Waals surface area contributed by atoms with Gasteiger partial charge in [0, 0.05) is 21.8 Å². The minimum atomic E-state index is 0.410. The van der Waals surface area contributed by atoms with Crippen LogP contribution in [0.1, 0.15) is 16.7 Å². The zero-order valence-electron chi connectivity index (χ0n) is 14.0. The van der Waals surface area contributed by atoms with Gasteiger partial charge in [-0.3, -0.25) is 4.99 Å². The van der Waals surface area contributed by atoms with Gasteiger partial charge in [0.2, 0.25) is 0 Å². The molecule has 0 aliphatic rings. The number of hydrogen-bond acceptors (Lipinski definition) is 2. The summed E-state index contributed by atoms with van der Waals surface area (Å²) < 4.78 is 6.72. The number of ether oxygens (including phenoxy) is 1. The summed E-state index contributed by atoms with van der Waals surface area (Å²) in [4.78, 5) is 4.52. The Morgan fingerprint density at radius 1 is 1.00 bits per heavy atom. The van der Waals surface area contributed by atoms with Crippen molar-refractivity contribution in [2.75, 3.05) is 0 Å². The molecule has 5 heteroatoms. The molecule has 0 bridgehead atoms. The van der Waals surface area contributed by atoms with Crippen LogP contribution in [0.4, 0.5) is 5.69 Å². The third kappa shape index (κ3) is 4.67. The monoisotopic (exact) mass is 447 g/mol. The number of benzene rings is 3. The second-order valence-electron chi connectivity index (χ2n) is 5.71. The van der Waals surface area contributed by atoms with Gasteiger partial charge in [-0.05, 0) is 70.4 Å². The molecule has 0 saturated heterocycles. The van der Waals surface area contributed by atoms with E-state index in [1.807, 2.05) is 67.6 Å². The van der Waals surface area contributed by atoms with Crippen LogP contribution in [-0.2, 0) is 6.61 Å². The third-order valence-electron chi connectivity index (χ3n) is 3.89. The normalized spacial score (nSPS) is 11.1. The van der Waals surface area contributed by atoms with Gasteiger partial charge in [-0.1, -0.05) is 47.5 Å². The predicted molar refractivity (Wildman–Crippen MR) is 113 cm³/mol. The predicted octanol–water partition coefficient (Wildman–Crippen LogP) is 7.39. The van der Waals surface area contributed by atoms with Crippen molar-refractivity contribution in [3.05, 3.63) is 91.9 Å². The van der Waals surface area contributed by atoms with E-state index in [4.69, 9.17) is 27.9 Å². The number of hydrogen-bond donors (Lipinski definition) is 0. The molecule has 0 amide bonds. The first-order valence-corrected chi connectivity index (χ1v) is 9.54.